The summed E-state index contributed by atoms with van der Waals surface area (Å²) in [6, 6.07) is 0. The predicted molar refractivity (Wildman–Crippen MR) is 57.6 cm³/mol. The van der Waals surface area contributed by atoms with Crippen molar-refractivity contribution >= 4 is 0 Å². The molecule has 0 aliphatic heterocycles. The van der Waals surface area contributed by atoms with E-state index in [2.05, 4.69) is 11.9 Å². The molecule has 0 aliphatic carbocycles. The number of hydrogen-bond acceptors (Lipinski definition) is 3. The van der Waals surface area contributed by atoms with Crippen molar-refractivity contribution < 1.29 is 4.92 Å². The van der Waals surface area contributed by atoms with Gasteiger partial charge in [-0.1, -0.05) is 18.7 Å². The molecule has 14 heavy (non-hydrogen) atoms. The molecule has 0 aromatic heterocycles. The molecule has 1 N–H and O–H groups in total. The van der Waals surface area contributed by atoms with Gasteiger partial charge < -0.3 is 5.32 Å². The topological polar surface area (TPSA) is 55.2 Å². The highest BCUT2D eigenvalue weighted by Crippen LogP contribution is 2.00. The van der Waals surface area contributed by atoms with Gasteiger partial charge >= 0.3 is 0 Å². The fourth-order valence-corrected chi connectivity index (χ4v) is 1.03. The van der Waals surface area contributed by atoms with Crippen molar-refractivity contribution in [3.8, 4) is 0 Å². The van der Waals surface area contributed by atoms with Crippen LogP contribution in [0.5, 0.6) is 0 Å². The maximum atomic E-state index is 10.3. The Hall–Kier alpha value is -1.58. The van der Waals surface area contributed by atoms with Crippen LogP contribution < -0.4 is 5.32 Å². The molecular formula is C10H16N2O2. The lowest BCUT2D eigenvalue weighted by Gasteiger charge is -2.04. The number of nitrogens with zero attached hydrogens (tertiary/aromatic N) is 1. The van der Waals surface area contributed by atoms with Crippen molar-refractivity contribution in [3.05, 3.63) is 46.2 Å². The molecule has 78 valence electrons. The predicted octanol–water partition coefficient (Wildman–Crippen LogP) is 1.89. The molecule has 0 aliphatic rings. The summed E-state index contributed by atoms with van der Waals surface area (Å²) in [5.41, 5.74) is 1.56. The second-order valence-electron chi connectivity index (χ2n) is 2.84. The minimum atomic E-state index is -0.352. The Labute approximate surface area is 84.2 Å². The smallest absolute Gasteiger partial charge is 0.243 e. The van der Waals surface area contributed by atoms with E-state index in [1.807, 2.05) is 13.8 Å². The standard InChI is InChI=1S/C10H16N2O2/c1-4-6-9(3)7-10(11-5-2)8-12(13)14/h4,6-7,11H,1,5,8H2,2-3H3/b9-6-,10-7+. The lowest BCUT2D eigenvalue weighted by molar-refractivity contribution is -0.471. The number of likely N-dealkylation sites (N-methyl/N-ethyl adjacent to an activating group) is 1. The Morgan fingerprint density at radius 2 is 2.29 bits per heavy atom. The fourth-order valence-electron chi connectivity index (χ4n) is 1.03. The number of rotatable bonds is 6. The van der Waals surface area contributed by atoms with Crippen LogP contribution in [0.2, 0.25) is 0 Å². The average molecular weight is 196 g/mol. The maximum absolute atomic E-state index is 10.3. The van der Waals surface area contributed by atoms with Gasteiger partial charge in [0.1, 0.15) is 0 Å². The van der Waals surface area contributed by atoms with Crippen molar-refractivity contribution in [2.45, 2.75) is 13.8 Å². The molecule has 0 saturated heterocycles. The van der Waals surface area contributed by atoms with Gasteiger partial charge in [0.05, 0.1) is 5.70 Å². The van der Waals surface area contributed by atoms with E-state index in [9.17, 15) is 10.1 Å². The summed E-state index contributed by atoms with van der Waals surface area (Å²) in [4.78, 5) is 9.96. The van der Waals surface area contributed by atoms with E-state index in [1.54, 1.807) is 18.2 Å². The van der Waals surface area contributed by atoms with Crippen molar-refractivity contribution in [2.75, 3.05) is 13.1 Å². The molecule has 0 unspecified atom stereocenters. The number of hydrogen-bond donors (Lipinski definition) is 1. The van der Waals surface area contributed by atoms with Gasteiger partial charge in [0, 0.05) is 11.5 Å². The molecule has 0 aromatic rings. The van der Waals surface area contributed by atoms with Gasteiger partial charge in [-0.2, -0.15) is 0 Å². The SMILES string of the molecule is C=C/C=C(C)\C=C(/C[N+](=O)[O-])NCC. The third kappa shape index (κ3) is 5.99. The van der Waals surface area contributed by atoms with E-state index in [4.69, 9.17) is 0 Å². The monoisotopic (exact) mass is 196 g/mol. The Bertz CT molecular complexity index is 267. The second-order valence-corrected chi connectivity index (χ2v) is 2.84. The Morgan fingerprint density at radius 1 is 1.64 bits per heavy atom. The summed E-state index contributed by atoms with van der Waals surface area (Å²) in [7, 11) is 0. The minimum Gasteiger partial charge on any atom is -0.383 e. The summed E-state index contributed by atoms with van der Waals surface area (Å²) in [5.74, 6) is 0. The first-order chi connectivity index (χ1) is 6.60. The molecule has 4 heteroatoms. The zero-order chi connectivity index (χ0) is 11.0. The van der Waals surface area contributed by atoms with Crippen LogP contribution in [0.3, 0.4) is 0 Å². The van der Waals surface area contributed by atoms with Gasteiger partial charge in [-0.15, -0.1) is 0 Å². The van der Waals surface area contributed by atoms with Gasteiger partial charge in [0.15, 0.2) is 0 Å². The summed E-state index contributed by atoms with van der Waals surface area (Å²) in [5, 5.41) is 13.3. The van der Waals surface area contributed by atoms with Crippen LogP contribution in [-0.2, 0) is 0 Å². The number of nitrogens with one attached hydrogen (secondary N) is 1. The molecule has 0 atom stereocenters. The molecule has 0 radical (unpaired) electrons. The van der Waals surface area contributed by atoms with Crippen molar-refractivity contribution in [2.24, 2.45) is 0 Å². The van der Waals surface area contributed by atoms with E-state index in [0.29, 0.717) is 12.2 Å². The summed E-state index contributed by atoms with van der Waals surface area (Å²) in [6.07, 6.45) is 5.22. The van der Waals surface area contributed by atoms with Gasteiger partial charge in [0.25, 0.3) is 0 Å². The molecule has 0 saturated carbocycles. The van der Waals surface area contributed by atoms with Crippen LogP contribution in [0.25, 0.3) is 0 Å². The van der Waals surface area contributed by atoms with Crippen LogP contribution in [0, 0.1) is 10.1 Å². The quantitative estimate of drug-likeness (QED) is 0.401. The van der Waals surface area contributed by atoms with E-state index < -0.39 is 0 Å². The van der Waals surface area contributed by atoms with Crippen molar-refractivity contribution in [1.29, 1.82) is 0 Å². The normalized spacial score (nSPS) is 12.4. The van der Waals surface area contributed by atoms with Crippen LogP contribution >= 0.6 is 0 Å². The highest BCUT2D eigenvalue weighted by atomic mass is 16.6. The first-order valence-corrected chi connectivity index (χ1v) is 4.45. The molecule has 0 bridgehead atoms. The average Bonchev–Trinajstić information content (AvgIpc) is 2.03. The van der Waals surface area contributed by atoms with E-state index in [-0.39, 0.29) is 11.5 Å². The first-order valence-electron chi connectivity index (χ1n) is 4.45. The zero-order valence-corrected chi connectivity index (χ0v) is 8.62. The first kappa shape index (κ1) is 12.4. The third-order valence-electron chi connectivity index (χ3n) is 1.49. The highest BCUT2D eigenvalue weighted by Gasteiger charge is 2.03. The van der Waals surface area contributed by atoms with Gasteiger partial charge in [-0.25, -0.2) is 0 Å². The lowest BCUT2D eigenvalue weighted by Crippen LogP contribution is -2.19. The molecule has 0 aromatic carbocycles. The third-order valence-corrected chi connectivity index (χ3v) is 1.49. The van der Waals surface area contributed by atoms with Crippen LogP contribution in [-0.4, -0.2) is 18.0 Å². The zero-order valence-electron chi connectivity index (χ0n) is 8.62. The molecule has 0 spiro atoms. The summed E-state index contributed by atoms with van der Waals surface area (Å²) in [6.45, 7) is 7.84. The van der Waals surface area contributed by atoms with Crippen LogP contribution in [0.1, 0.15) is 13.8 Å². The molecule has 0 rings (SSSR count). The van der Waals surface area contributed by atoms with Gasteiger partial charge in [-0.05, 0) is 25.5 Å². The summed E-state index contributed by atoms with van der Waals surface area (Å²) < 4.78 is 0. The molecular weight excluding hydrogens is 180 g/mol. The number of allylic oxidation sites excluding steroid dienone is 4. The van der Waals surface area contributed by atoms with Crippen molar-refractivity contribution in [1.82, 2.24) is 5.32 Å². The van der Waals surface area contributed by atoms with E-state index >= 15 is 0 Å². The fraction of sp³-hybridized carbons (Fsp3) is 0.400. The van der Waals surface area contributed by atoms with E-state index in [0.717, 1.165) is 5.57 Å². The van der Waals surface area contributed by atoms with Gasteiger partial charge in [0.2, 0.25) is 6.54 Å². The maximum Gasteiger partial charge on any atom is 0.243 e. The molecule has 4 nitrogen and oxygen atoms in total. The second kappa shape index (κ2) is 6.88. The Morgan fingerprint density at radius 3 is 2.71 bits per heavy atom. The Kier molecular flexibility index (Phi) is 6.11. The Balaban J connectivity index is 4.53. The number of nitro groups is 1. The van der Waals surface area contributed by atoms with Crippen molar-refractivity contribution in [3.63, 3.8) is 0 Å². The summed E-state index contributed by atoms with van der Waals surface area (Å²) >= 11 is 0. The molecule has 0 heterocycles. The molecule has 0 fully saturated rings. The highest BCUT2D eigenvalue weighted by molar-refractivity contribution is 5.24. The largest absolute Gasteiger partial charge is 0.383 e. The minimum absolute atomic E-state index is 0.170. The lowest BCUT2D eigenvalue weighted by atomic mass is 10.2. The van der Waals surface area contributed by atoms with Gasteiger partial charge in [-0.3, -0.25) is 10.1 Å². The van der Waals surface area contributed by atoms with E-state index in [1.165, 1.54) is 0 Å². The van der Waals surface area contributed by atoms with Crippen LogP contribution in [0.15, 0.2) is 36.1 Å². The van der Waals surface area contributed by atoms with Crippen LogP contribution in [0.4, 0.5) is 0 Å². The molecule has 0 amide bonds.